The zero-order chi connectivity index (χ0) is 22.1. The Morgan fingerprint density at radius 1 is 1.00 bits per heavy atom. The minimum Gasteiger partial charge on any atom is -0.466 e. The zero-order valence-electron chi connectivity index (χ0n) is 21.0. The Bertz CT molecular complexity index is 554. The van der Waals surface area contributed by atoms with Crippen molar-refractivity contribution in [3.8, 4) is 0 Å². The molecule has 0 saturated heterocycles. The minimum atomic E-state index is -3.41. The molecule has 0 spiro atoms. The Balaban J connectivity index is 2.44. The molecule has 2 aliphatic carbocycles. The number of hydrogen-bond donors (Lipinski definition) is 0. The van der Waals surface area contributed by atoms with Gasteiger partial charge < -0.3 is 4.74 Å². The molecule has 3 nitrogen and oxygen atoms in total. The maximum absolute atomic E-state index is 11.3. The predicted octanol–water partition coefficient (Wildman–Crippen LogP) is 4.30. The van der Waals surface area contributed by atoms with E-state index in [1.807, 2.05) is 0 Å². The standard InChI is InChI=1S/C18H33NO2/c1-16(20)21-15-9-8-14-19(17-10-4-2-5-11-17)18-12-6-3-7-13-18/h17-18H,2-15H2,1H3/i8D2,9D2,14D2,15D2. The van der Waals surface area contributed by atoms with Gasteiger partial charge in [0, 0.05) is 27.2 Å². The van der Waals surface area contributed by atoms with Gasteiger partial charge in [-0.05, 0) is 44.9 Å². The fraction of sp³-hybridized carbons (Fsp3) is 0.944. The first-order valence-corrected chi connectivity index (χ1v) is 8.24. The number of hydrogen-bond acceptors (Lipinski definition) is 3. The highest BCUT2D eigenvalue weighted by atomic mass is 16.5. The molecule has 0 radical (unpaired) electrons. The lowest BCUT2D eigenvalue weighted by Crippen LogP contribution is -2.45. The number of rotatable bonds is 7. The van der Waals surface area contributed by atoms with Crippen molar-refractivity contribution in [1.29, 1.82) is 0 Å². The van der Waals surface area contributed by atoms with E-state index in [0.717, 1.165) is 45.4 Å². The van der Waals surface area contributed by atoms with Gasteiger partial charge in [0.05, 0.1) is 9.30 Å². The molecule has 0 heterocycles. The molecule has 2 fully saturated rings. The van der Waals surface area contributed by atoms with Crippen LogP contribution in [0.1, 0.15) is 94.8 Å². The van der Waals surface area contributed by atoms with E-state index in [9.17, 15) is 4.79 Å². The van der Waals surface area contributed by atoms with Gasteiger partial charge in [-0.2, -0.15) is 0 Å². The van der Waals surface area contributed by atoms with Crippen LogP contribution in [-0.2, 0) is 9.53 Å². The quantitative estimate of drug-likeness (QED) is 0.657. The van der Waals surface area contributed by atoms with Crippen molar-refractivity contribution in [3.05, 3.63) is 0 Å². The second-order valence-electron chi connectivity index (χ2n) is 6.05. The molecule has 0 N–H and O–H groups in total. The third-order valence-electron chi connectivity index (χ3n) is 4.43. The van der Waals surface area contributed by atoms with E-state index in [4.69, 9.17) is 11.0 Å². The van der Waals surface area contributed by atoms with Crippen molar-refractivity contribution in [2.75, 3.05) is 13.1 Å². The zero-order valence-corrected chi connectivity index (χ0v) is 13.0. The van der Waals surface area contributed by atoms with Crippen LogP contribution < -0.4 is 0 Å². The summed E-state index contributed by atoms with van der Waals surface area (Å²) in [4.78, 5) is 12.8. The number of esters is 1. The van der Waals surface area contributed by atoms with Crippen LogP contribution in [0.3, 0.4) is 0 Å². The predicted molar refractivity (Wildman–Crippen MR) is 86.3 cm³/mol. The van der Waals surface area contributed by atoms with Crippen LogP contribution in [0.25, 0.3) is 0 Å². The summed E-state index contributed by atoms with van der Waals surface area (Å²) in [7, 11) is 0. The fourth-order valence-corrected chi connectivity index (χ4v) is 3.41. The number of carbonyl (C=O) groups excluding carboxylic acids is 1. The smallest absolute Gasteiger partial charge is 0.302 e. The Morgan fingerprint density at radius 3 is 2.00 bits per heavy atom. The second-order valence-corrected chi connectivity index (χ2v) is 6.05. The summed E-state index contributed by atoms with van der Waals surface area (Å²) in [6.07, 6.45) is 1.91. The summed E-state index contributed by atoms with van der Waals surface area (Å²) in [6.45, 7) is -5.19. The largest absolute Gasteiger partial charge is 0.466 e. The molecule has 3 heteroatoms. The highest BCUT2D eigenvalue weighted by molar-refractivity contribution is 5.65. The van der Waals surface area contributed by atoms with Crippen molar-refractivity contribution in [3.63, 3.8) is 0 Å². The van der Waals surface area contributed by atoms with Gasteiger partial charge in [0.25, 0.3) is 0 Å². The second kappa shape index (κ2) is 9.45. The SMILES string of the molecule is [2H]C([2H])(OC(C)=O)C([2H])([2H])C([2H])([2H])C([2H])([2H])N(C1CCCCC1)C1CCCCC1. The molecule has 21 heavy (non-hydrogen) atoms. The topological polar surface area (TPSA) is 29.5 Å². The molecule has 2 rings (SSSR count). The van der Waals surface area contributed by atoms with Crippen LogP contribution >= 0.6 is 0 Å². The fourth-order valence-electron chi connectivity index (χ4n) is 3.41. The summed E-state index contributed by atoms with van der Waals surface area (Å²) < 4.78 is 70.9. The van der Waals surface area contributed by atoms with Crippen molar-refractivity contribution < 1.29 is 20.5 Å². The number of carbonyl (C=O) groups is 1. The molecule has 0 unspecified atom stereocenters. The van der Waals surface area contributed by atoms with E-state index in [1.54, 1.807) is 0 Å². The lowest BCUT2D eigenvalue weighted by atomic mass is 9.88. The normalized spacial score (nSPS) is 30.0. The Labute approximate surface area is 141 Å². The summed E-state index contributed by atoms with van der Waals surface area (Å²) in [5, 5.41) is 0. The molecule has 2 aliphatic rings. The molecule has 0 bridgehead atoms. The minimum absolute atomic E-state index is 0.215. The maximum atomic E-state index is 11.3. The number of ether oxygens (including phenoxy) is 1. The first-order chi connectivity index (χ1) is 13.3. The van der Waals surface area contributed by atoms with Crippen LogP contribution in [-0.4, -0.2) is 36.0 Å². The Hall–Kier alpha value is -0.570. The Morgan fingerprint density at radius 2 is 1.52 bits per heavy atom. The van der Waals surface area contributed by atoms with Crippen molar-refractivity contribution >= 4 is 5.97 Å². The van der Waals surface area contributed by atoms with Gasteiger partial charge >= 0.3 is 5.97 Å². The molecule has 0 atom stereocenters. The Kier molecular flexibility index (Phi) is 4.01. The molecule has 0 aliphatic heterocycles. The van der Waals surface area contributed by atoms with Gasteiger partial charge in [-0.15, -0.1) is 0 Å². The lowest BCUT2D eigenvalue weighted by Gasteiger charge is -2.41. The number of nitrogens with zero attached hydrogens (tertiary/aromatic N) is 1. The van der Waals surface area contributed by atoms with Crippen LogP contribution in [0.15, 0.2) is 0 Å². The van der Waals surface area contributed by atoms with Gasteiger partial charge in [0.1, 0.15) is 0 Å². The highest BCUT2D eigenvalue weighted by Gasteiger charge is 2.28. The first kappa shape index (κ1) is 8.90. The molecular formula is C18H33NO2. The molecule has 0 aromatic heterocycles. The van der Waals surface area contributed by atoms with Gasteiger partial charge in [0.2, 0.25) is 0 Å². The van der Waals surface area contributed by atoms with Gasteiger partial charge in [-0.3, -0.25) is 9.69 Å². The van der Waals surface area contributed by atoms with Gasteiger partial charge in [-0.25, -0.2) is 0 Å². The summed E-state index contributed by atoms with van der Waals surface area (Å²) in [5.74, 6) is -1.09. The van der Waals surface area contributed by atoms with E-state index >= 15 is 0 Å². The molecule has 0 aromatic rings. The van der Waals surface area contributed by atoms with E-state index in [-0.39, 0.29) is 12.1 Å². The lowest BCUT2D eigenvalue weighted by molar-refractivity contribution is -0.141. The van der Waals surface area contributed by atoms with Crippen LogP contribution in [0.5, 0.6) is 0 Å². The molecular weight excluding hydrogens is 262 g/mol. The molecule has 0 amide bonds. The van der Waals surface area contributed by atoms with E-state index in [0.29, 0.717) is 25.7 Å². The molecule has 2 saturated carbocycles. The van der Waals surface area contributed by atoms with Gasteiger partial charge in [0.15, 0.2) is 0 Å². The van der Waals surface area contributed by atoms with E-state index in [2.05, 4.69) is 4.74 Å². The van der Waals surface area contributed by atoms with Gasteiger partial charge in [-0.1, -0.05) is 38.5 Å². The average molecular weight is 304 g/mol. The summed E-state index contributed by atoms with van der Waals surface area (Å²) >= 11 is 0. The third-order valence-corrected chi connectivity index (χ3v) is 4.43. The van der Waals surface area contributed by atoms with Crippen LogP contribution in [0.4, 0.5) is 0 Å². The van der Waals surface area contributed by atoms with E-state index in [1.165, 1.54) is 4.90 Å². The highest BCUT2D eigenvalue weighted by Crippen LogP contribution is 2.30. The third kappa shape index (κ3) is 5.98. The average Bonchev–Trinajstić information content (AvgIpc) is 2.62. The first-order valence-electron chi connectivity index (χ1n) is 12.2. The van der Waals surface area contributed by atoms with Crippen LogP contribution in [0, 0.1) is 0 Å². The summed E-state index contributed by atoms with van der Waals surface area (Å²) in [6, 6.07) is -0.431. The van der Waals surface area contributed by atoms with Crippen molar-refractivity contribution in [1.82, 2.24) is 4.90 Å². The molecule has 122 valence electrons. The maximum Gasteiger partial charge on any atom is 0.302 e. The molecule has 0 aromatic carbocycles. The van der Waals surface area contributed by atoms with Crippen LogP contribution in [0.2, 0.25) is 0 Å². The monoisotopic (exact) mass is 303 g/mol. The van der Waals surface area contributed by atoms with E-state index < -0.39 is 31.8 Å². The van der Waals surface area contributed by atoms with Crippen molar-refractivity contribution in [2.45, 2.75) is 96.0 Å². The van der Waals surface area contributed by atoms with Crippen molar-refractivity contribution in [2.24, 2.45) is 0 Å². The summed E-state index contributed by atoms with van der Waals surface area (Å²) in [5.41, 5.74) is 0.